The van der Waals surface area contributed by atoms with Crippen LogP contribution in [0.25, 0.3) is 39.3 Å². The number of carbonyl (C=O) groups excluding carboxylic acids is 1. The molecule has 4 aliphatic heterocycles. The van der Waals surface area contributed by atoms with E-state index in [1.165, 1.54) is 20.7 Å². The van der Waals surface area contributed by atoms with Gasteiger partial charge in [0, 0.05) is 105 Å². The number of ether oxygens (including phenoxy) is 3. The van der Waals surface area contributed by atoms with Crippen molar-refractivity contribution < 1.29 is 35.8 Å². The number of carbonyl (C=O) groups is 1. The number of hydrogen-bond donors (Lipinski definition) is 2. The molecule has 2 aromatic carbocycles. The molecule has 0 radical (unpaired) electrons. The topological polar surface area (TPSA) is 259 Å². The first-order valence-electron chi connectivity index (χ1n) is 28.6. The van der Waals surface area contributed by atoms with E-state index in [4.69, 9.17) is 19.2 Å². The maximum atomic E-state index is 13.7. The van der Waals surface area contributed by atoms with Crippen molar-refractivity contribution in [2.24, 2.45) is 7.05 Å². The molecule has 0 spiro atoms. The Balaban J connectivity index is 0.000000212. The molecule has 4 aliphatic rings. The number of likely N-dealkylation sites (tertiary alicyclic amines) is 1. The van der Waals surface area contributed by atoms with E-state index in [9.17, 15) is 31.2 Å². The lowest BCUT2D eigenvalue weighted by Crippen LogP contribution is -2.51. The lowest BCUT2D eigenvalue weighted by atomic mass is 10.1. The van der Waals surface area contributed by atoms with Crippen LogP contribution < -0.4 is 20.6 Å². The van der Waals surface area contributed by atoms with Gasteiger partial charge >= 0.3 is 0 Å². The van der Waals surface area contributed by atoms with E-state index < -0.39 is 20.0 Å². The van der Waals surface area contributed by atoms with Crippen molar-refractivity contribution >= 4 is 42.5 Å². The summed E-state index contributed by atoms with van der Waals surface area (Å²) in [6, 6.07) is 9.42. The van der Waals surface area contributed by atoms with E-state index >= 15 is 0 Å². The van der Waals surface area contributed by atoms with Gasteiger partial charge < -0.3 is 29.1 Å². The molecule has 4 saturated heterocycles. The summed E-state index contributed by atoms with van der Waals surface area (Å²) < 4.78 is 78.0. The number of aromatic nitrogens is 8. The number of nitrogens with zero attached hydrogens (tertiary/aromatic N) is 12. The number of amides is 1. The zero-order chi connectivity index (χ0) is 57.4. The number of sulfonamides is 2. The molecule has 26 heteroatoms. The Hall–Kier alpha value is -6.13. The summed E-state index contributed by atoms with van der Waals surface area (Å²) in [6.45, 7) is 21.2. The number of morpholine rings is 1. The summed E-state index contributed by atoms with van der Waals surface area (Å²) >= 11 is 0. The quantitative estimate of drug-likeness (QED) is 0.116. The molecule has 0 atom stereocenters. The average Bonchev–Trinajstić information content (AvgIpc) is 4.12. The molecule has 2 N–H and O–H groups in total. The van der Waals surface area contributed by atoms with Crippen LogP contribution in [0.3, 0.4) is 0 Å². The lowest BCUT2D eigenvalue weighted by molar-refractivity contribution is -0.133. The van der Waals surface area contributed by atoms with Crippen LogP contribution in [0.5, 0.6) is 11.5 Å². The minimum Gasteiger partial charge on any atom is -0.493 e. The summed E-state index contributed by atoms with van der Waals surface area (Å²) in [5.41, 5.74) is 2.73. The number of fused-ring (bicyclic) bond motifs is 2. The maximum absolute atomic E-state index is 13.7. The van der Waals surface area contributed by atoms with Crippen molar-refractivity contribution in [2.45, 2.75) is 96.8 Å². The molecular weight excluding hydrogens is 1090 g/mol. The normalized spacial score (nSPS) is 17.4. The second-order valence-electron chi connectivity index (χ2n) is 20.9. The molecule has 8 heterocycles. The predicted molar refractivity (Wildman–Crippen MR) is 313 cm³/mol. The van der Waals surface area contributed by atoms with Crippen molar-refractivity contribution in [1.29, 1.82) is 0 Å². The van der Waals surface area contributed by atoms with Crippen LogP contribution in [0.1, 0.15) is 84.4 Å². The first kappa shape index (κ1) is 61.9. The van der Waals surface area contributed by atoms with E-state index in [0.29, 0.717) is 123 Å². The highest BCUT2D eigenvalue weighted by Gasteiger charge is 2.33. The third-order valence-corrected chi connectivity index (χ3v) is 19.1. The number of nitrogens with one attached hydrogen (secondary N) is 2. The standard InChI is InChI=1S/C28H39N7O5S.C27H39N7O5S.CH4/c1-4-9-24-29-20(3)26-28(37)30-27(31-35(24)26)22-18-21(10-11-23(22)40-5-2)41(38,39)34-16-14-32(15-17-34)19-25(36)33-12-7-6-8-13-33;1-4-6-22-24-25(31(3)30-22)27(35)29-26(28-24)21-19-20(7-8-23(21)39-5-2)40(36,37)34-13-11-32(12-14-34)9-10-33-15-17-38-18-16-33;/h10-11,18H,4-9,12-17,19H2,1-3H3,(H,30,31,37);7-8,19H,4-6,9-18H2,1-3H3,(H,28,29,35);1H4. The van der Waals surface area contributed by atoms with E-state index in [1.807, 2.05) is 37.5 Å². The third-order valence-electron chi connectivity index (χ3n) is 15.3. The molecule has 1 amide bonds. The van der Waals surface area contributed by atoms with Gasteiger partial charge in [0.05, 0.1) is 65.3 Å². The first-order chi connectivity index (χ1) is 39.0. The summed E-state index contributed by atoms with van der Waals surface area (Å²) in [4.78, 5) is 62.6. The maximum Gasteiger partial charge on any atom is 0.277 e. The summed E-state index contributed by atoms with van der Waals surface area (Å²) in [6.07, 6.45) is 6.26. The zero-order valence-electron chi connectivity index (χ0n) is 47.6. The van der Waals surface area contributed by atoms with Gasteiger partial charge in [-0.25, -0.2) is 31.3 Å². The molecule has 6 aromatic rings. The highest BCUT2D eigenvalue weighted by atomic mass is 32.2. The Morgan fingerprint density at radius 3 is 1.72 bits per heavy atom. The van der Waals surface area contributed by atoms with Crippen LogP contribution in [0.15, 0.2) is 55.8 Å². The number of aromatic amines is 2. The van der Waals surface area contributed by atoms with Gasteiger partial charge in [0.2, 0.25) is 26.0 Å². The number of rotatable bonds is 19. The Morgan fingerprint density at radius 2 is 1.16 bits per heavy atom. The number of aryl methyl sites for hydroxylation is 4. The number of piperazine rings is 2. The van der Waals surface area contributed by atoms with Crippen LogP contribution in [0, 0.1) is 6.92 Å². The van der Waals surface area contributed by atoms with E-state index in [-0.39, 0.29) is 59.0 Å². The van der Waals surface area contributed by atoms with E-state index in [0.717, 1.165) is 90.3 Å². The fourth-order valence-corrected chi connectivity index (χ4v) is 13.9. The molecule has 4 fully saturated rings. The van der Waals surface area contributed by atoms with Crippen molar-refractivity contribution in [3.05, 3.63) is 74.3 Å². The molecule has 4 aromatic heterocycles. The molecule has 0 saturated carbocycles. The highest BCUT2D eigenvalue weighted by Crippen LogP contribution is 2.34. The van der Waals surface area contributed by atoms with Gasteiger partial charge in [-0.05, 0) is 89.3 Å². The highest BCUT2D eigenvalue weighted by molar-refractivity contribution is 7.89. The summed E-state index contributed by atoms with van der Waals surface area (Å²) in [7, 11) is -5.88. The third kappa shape index (κ3) is 13.8. The molecule has 10 rings (SSSR count). The number of imidazole rings is 1. The molecule has 0 bridgehead atoms. The average molecular weight is 1180 g/mol. The second-order valence-corrected chi connectivity index (χ2v) is 24.7. The monoisotopic (exact) mass is 1170 g/mol. The minimum atomic E-state index is -3.85. The van der Waals surface area contributed by atoms with Crippen molar-refractivity contribution in [2.75, 3.05) is 125 Å². The number of H-pyrrole nitrogens is 2. The fraction of sp³-hybridized carbons (Fsp3) is 0.589. The SMILES string of the molecule is C.CCCc1nc(C)c2c(=O)[nH]c(-c3cc(S(=O)(=O)N4CCN(CC(=O)N5CCCCC5)CC4)ccc3OCC)nn12.CCCc1nn(C)c2c(=O)[nH]c(-c3cc(S(=O)(=O)N4CCN(CCN5CCOCC5)CC4)ccc3OCC)nc12. The minimum absolute atomic E-state index is 0. The van der Waals surface area contributed by atoms with Crippen molar-refractivity contribution in [1.82, 2.24) is 67.5 Å². The number of benzene rings is 2. The molecule has 82 heavy (non-hydrogen) atoms. The Kier molecular flexibility index (Phi) is 20.8. The molecule has 0 aliphatic carbocycles. The van der Waals surface area contributed by atoms with E-state index in [2.05, 4.69) is 34.9 Å². The van der Waals surface area contributed by atoms with E-state index in [1.54, 1.807) is 47.4 Å². The van der Waals surface area contributed by atoms with Crippen molar-refractivity contribution in [3.63, 3.8) is 0 Å². The van der Waals surface area contributed by atoms with Crippen LogP contribution in [-0.4, -0.2) is 215 Å². The van der Waals surface area contributed by atoms with Crippen molar-refractivity contribution in [3.8, 4) is 34.3 Å². The van der Waals surface area contributed by atoms with Gasteiger partial charge in [-0.15, -0.1) is 5.10 Å². The van der Waals surface area contributed by atoms with Crippen LogP contribution in [0.4, 0.5) is 0 Å². The van der Waals surface area contributed by atoms with Crippen LogP contribution in [-0.2, 0) is 49.5 Å². The molecule has 448 valence electrons. The Morgan fingerprint density at radius 1 is 0.634 bits per heavy atom. The Labute approximate surface area is 480 Å². The van der Waals surface area contributed by atoms with Gasteiger partial charge in [-0.1, -0.05) is 27.7 Å². The van der Waals surface area contributed by atoms with Crippen LogP contribution in [0.2, 0.25) is 0 Å². The largest absolute Gasteiger partial charge is 0.493 e. The lowest BCUT2D eigenvalue weighted by Gasteiger charge is -2.35. The van der Waals surface area contributed by atoms with Gasteiger partial charge in [0.15, 0.2) is 16.9 Å². The summed E-state index contributed by atoms with van der Waals surface area (Å²) in [5.74, 6) is 2.13. The smallest absolute Gasteiger partial charge is 0.277 e. The molecule has 0 unspecified atom stereocenters. The van der Waals surface area contributed by atoms with Gasteiger partial charge in [-0.2, -0.15) is 13.7 Å². The Bertz CT molecular complexity index is 3520. The summed E-state index contributed by atoms with van der Waals surface area (Å²) in [5, 5.41) is 9.15. The van der Waals surface area contributed by atoms with Gasteiger partial charge in [0.25, 0.3) is 11.1 Å². The number of hydrogen-bond acceptors (Lipinski definition) is 17. The van der Waals surface area contributed by atoms with Gasteiger partial charge in [-0.3, -0.25) is 33.8 Å². The molecular formula is C56H82N14O10S2. The number of piperidine rings is 1. The first-order valence-corrected chi connectivity index (χ1v) is 31.4. The van der Waals surface area contributed by atoms with Crippen LogP contribution >= 0.6 is 0 Å². The zero-order valence-corrected chi connectivity index (χ0v) is 49.2. The van der Waals surface area contributed by atoms with Gasteiger partial charge in [0.1, 0.15) is 28.7 Å². The second kappa shape index (κ2) is 27.5. The predicted octanol–water partition coefficient (Wildman–Crippen LogP) is 4.01. The molecule has 24 nitrogen and oxygen atoms in total. The fourth-order valence-electron chi connectivity index (χ4n) is 11.0.